The molecule has 34 nitrogen and oxygen atoms in total. The normalized spacial score (nSPS) is 16.2. The van der Waals surface area contributed by atoms with E-state index in [2.05, 4.69) is 58.2 Å². The summed E-state index contributed by atoms with van der Waals surface area (Å²) in [5.41, 5.74) is 22.3. The summed E-state index contributed by atoms with van der Waals surface area (Å²) in [6.07, 6.45) is -3.44. The molecule has 0 radical (unpaired) electrons. The van der Waals surface area contributed by atoms with Gasteiger partial charge in [0, 0.05) is 13.1 Å². The molecule has 490 valence electrons. The molecule has 0 saturated carbocycles. The highest BCUT2D eigenvalue weighted by atomic mass is 19.4. The van der Waals surface area contributed by atoms with Crippen LogP contribution in [-0.4, -0.2) is 234 Å². The third kappa shape index (κ3) is 30.7. The van der Waals surface area contributed by atoms with Crippen LogP contribution in [-0.2, 0) is 62.3 Å². The fourth-order valence-corrected chi connectivity index (χ4v) is 7.66. The summed E-state index contributed by atoms with van der Waals surface area (Å²) < 4.78 is 31.7. The van der Waals surface area contributed by atoms with Gasteiger partial charge in [0.25, 0.3) is 0 Å². The zero-order chi connectivity index (χ0) is 66.0. The van der Waals surface area contributed by atoms with Crippen molar-refractivity contribution in [3.63, 3.8) is 0 Å². The molecule has 1 heterocycles. The predicted octanol–water partition coefficient (Wildman–Crippen LogP) is -7.84. The first kappa shape index (κ1) is 78.0. The van der Waals surface area contributed by atoms with Gasteiger partial charge in [0.05, 0.1) is 25.3 Å². The third-order valence-electron chi connectivity index (χ3n) is 12.5. The fourth-order valence-electron chi connectivity index (χ4n) is 7.66. The summed E-state index contributed by atoms with van der Waals surface area (Å²) in [5.74, 6) is -13.5. The number of carbonyl (C=O) groups excluding carboxylic acids is 11. The highest BCUT2D eigenvalue weighted by Crippen LogP contribution is 2.19. The van der Waals surface area contributed by atoms with Gasteiger partial charge in [0.2, 0.25) is 65.0 Å². The fraction of sp³-hybridized carbons (Fsp3) is 0.714. The van der Waals surface area contributed by atoms with Crippen LogP contribution in [0.4, 0.5) is 13.2 Å². The van der Waals surface area contributed by atoms with E-state index in [1.165, 1.54) is 39.5 Å². The van der Waals surface area contributed by atoms with Crippen molar-refractivity contribution in [1.29, 1.82) is 0 Å². The van der Waals surface area contributed by atoms with Gasteiger partial charge in [-0.25, -0.2) is 4.79 Å². The number of aliphatic imine (C=N–C) groups is 1. The summed E-state index contributed by atoms with van der Waals surface area (Å²) in [5, 5.41) is 63.2. The molecule has 0 spiro atoms. The van der Waals surface area contributed by atoms with Gasteiger partial charge in [-0.05, 0) is 113 Å². The van der Waals surface area contributed by atoms with Crippen molar-refractivity contribution in [2.75, 3.05) is 52.9 Å². The van der Waals surface area contributed by atoms with Crippen molar-refractivity contribution in [2.24, 2.45) is 27.9 Å². The first-order valence-electron chi connectivity index (χ1n) is 27.4. The number of aliphatic hydroxyl groups is 2. The Balaban J connectivity index is 0.00000966. The molecule has 1 aliphatic heterocycles. The summed E-state index contributed by atoms with van der Waals surface area (Å²) in [7, 11) is 1.71. The summed E-state index contributed by atoms with van der Waals surface area (Å²) in [4.78, 5) is 170. The van der Waals surface area contributed by atoms with Crippen molar-refractivity contribution in [3.8, 4) is 0 Å². The van der Waals surface area contributed by atoms with Crippen LogP contribution in [0.25, 0.3) is 0 Å². The Bertz CT molecular complexity index is 2330. The van der Waals surface area contributed by atoms with E-state index in [1.54, 1.807) is 7.05 Å². The number of amides is 11. The average Bonchev–Trinajstić information content (AvgIpc) is 4.09. The lowest BCUT2D eigenvalue weighted by Gasteiger charge is -2.29. The van der Waals surface area contributed by atoms with Crippen LogP contribution in [0.15, 0.2) is 4.99 Å². The molecule has 1 saturated heterocycles. The molecule has 23 N–H and O–H groups in total. The molecule has 11 amide bonds. The molecular weight excluding hydrogens is 1160 g/mol. The first-order valence-corrected chi connectivity index (χ1v) is 27.4. The Morgan fingerprint density at radius 2 is 1.10 bits per heavy atom. The lowest BCUT2D eigenvalue weighted by molar-refractivity contribution is -0.192. The second-order valence-electron chi connectivity index (χ2n) is 19.8. The minimum absolute atomic E-state index is 0.0160. The number of hydrogen-bond donors (Lipinski definition) is 19. The van der Waals surface area contributed by atoms with Gasteiger partial charge >= 0.3 is 18.1 Å². The highest BCUT2D eigenvalue weighted by Gasteiger charge is 2.40. The molecule has 1 aliphatic rings. The van der Waals surface area contributed by atoms with E-state index < -0.39 is 169 Å². The van der Waals surface area contributed by atoms with E-state index in [4.69, 9.17) is 37.9 Å². The van der Waals surface area contributed by atoms with E-state index in [0.717, 1.165) is 0 Å². The lowest BCUT2D eigenvalue weighted by Crippen LogP contribution is -2.60. The number of carboxylic acid groups (broad SMARTS) is 2. The SMILES string of the molecule is CNCCCC[C@H](NC(=O)[C@H](CCCN=C(N)N)NC(=O)[C@H](C)NC(=O)[C@H](C)NC(=O)[C@@H](N)CCCCN)C(=O)N[C@@H](CO)C(=O)N[C@@H](C)C(=O)N1CCC[C@H]1C(=O)N[C@@H](C)C(=O)N[C@H](C(=O)NCC(=O)NCC(=O)O)[C@@H](C)O.O=C(O)C(F)(F)F. The van der Waals surface area contributed by atoms with Gasteiger partial charge in [-0.3, -0.25) is 62.5 Å². The maximum absolute atomic E-state index is 14.0. The van der Waals surface area contributed by atoms with Crippen LogP contribution in [0.5, 0.6) is 0 Å². The van der Waals surface area contributed by atoms with E-state index in [-0.39, 0.29) is 44.7 Å². The maximum atomic E-state index is 14.0. The molecular formula is C49H86F3N17O17. The minimum Gasteiger partial charge on any atom is -0.480 e. The average molecular weight is 1240 g/mol. The molecule has 0 aliphatic carbocycles. The van der Waals surface area contributed by atoms with Crippen molar-refractivity contribution in [1.82, 2.24) is 63.4 Å². The Hall–Kier alpha value is -8.03. The Morgan fingerprint density at radius 3 is 1.63 bits per heavy atom. The number of nitrogens with one attached hydrogen (secondary N) is 11. The maximum Gasteiger partial charge on any atom is 0.490 e. The van der Waals surface area contributed by atoms with Gasteiger partial charge in [-0.2, -0.15) is 13.2 Å². The summed E-state index contributed by atoms with van der Waals surface area (Å²) in [6.45, 7) is 5.22. The van der Waals surface area contributed by atoms with Crippen LogP contribution in [0, 0.1) is 0 Å². The number of nitrogens with zero attached hydrogens (tertiary/aromatic N) is 2. The van der Waals surface area contributed by atoms with Gasteiger partial charge in [-0.15, -0.1) is 0 Å². The number of halogens is 3. The Labute approximate surface area is 493 Å². The number of carboxylic acids is 2. The Morgan fingerprint density at radius 1 is 0.616 bits per heavy atom. The molecule has 0 bridgehead atoms. The van der Waals surface area contributed by atoms with Gasteiger partial charge in [0.1, 0.15) is 60.9 Å². The van der Waals surface area contributed by atoms with Gasteiger partial charge < -0.3 is 107 Å². The van der Waals surface area contributed by atoms with E-state index in [9.17, 15) is 80.9 Å². The van der Waals surface area contributed by atoms with Crippen molar-refractivity contribution >= 4 is 82.9 Å². The number of guanidine groups is 1. The molecule has 11 atom stereocenters. The number of aliphatic carboxylic acids is 2. The number of alkyl halides is 3. The van der Waals surface area contributed by atoms with E-state index in [0.29, 0.717) is 51.6 Å². The number of carbonyl (C=O) groups is 13. The summed E-state index contributed by atoms with van der Waals surface area (Å²) >= 11 is 0. The molecule has 0 unspecified atom stereocenters. The second-order valence-corrected chi connectivity index (χ2v) is 19.8. The number of nitrogens with two attached hydrogens (primary N) is 4. The van der Waals surface area contributed by atoms with Crippen LogP contribution in [0.1, 0.15) is 98.8 Å². The molecule has 0 aromatic rings. The largest absolute Gasteiger partial charge is 0.490 e. The second kappa shape index (κ2) is 40.3. The van der Waals surface area contributed by atoms with Gasteiger partial charge in [-0.1, -0.05) is 6.42 Å². The van der Waals surface area contributed by atoms with E-state index >= 15 is 0 Å². The van der Waals surface area contributed by atoms with Crippen molar-refractivity contribution in [2.45, 2.75) is 172 Å². The number of likely N-dealkylation sites (tertiary alicyclic amines) is 1. The number of rotatable bonds is 37. The van der Waals surface area contributed by atoms with Crippen LogP contribution >= 0.6 is 0 Å². The smallest absolute Gasteiger partial charge is 0.480 e. The van der Waals surface area contributed by atoms with E-state index in [1.807, 2.05) is 5.32 Å². The quantitative estimate of drug-likeness (QED) is 0.0156. The lowest BCUT2D eigenvalue weighted by atomic mass is 10.1. The molecule has 37 heteroatoms. The molecule has 86 heavy (non-hydrogen) atoms. The van der Waals surface area contributed by atoms with Crippen LogP contribution in [0.2, 0.25) is 0 Å². The molecule has 1 fully saturated rings. The first-order chi connectivity index (χ1) is 40.1. The number of aliphatic hydroxyl groups excluding tert-OH is 2. The monoisotopic (exact) mass is 1240 g/mol. The zero-order valence-corrected chi connectivity index (χ0v) is 48.8. The third-order valence-corrected chi connectivity index (χ3v) is 12.5. The Kier molecular flexibility index (Phi) is 36.6. The topological polar surface area (TPSA) is 555 Å². The predicted molar refractivity (Wildman–Crippen MR) is 298 cm³/mol. The highest BCUT2D eigenvalue weighted by molar-refractivity contribution is 5.99. The van der Waals surface area contributed by atoms with Gasteiger partial charge in [0.15, 0.2) is 5.96 Å². The van der Waals surface area contributed by atoms with Crippen molar-refractivity contribution in [3.05, 3.63) is 0 Å². The molecule has 0 aromatic carbocycles. The molecule has 0 aromatic heterocycles. The zero-order valence-electron chi connectivity index (χ0n) is 48.8. The number of hydrogen-bond acceptors (Lipinski definition) is 19. The minimum atomic E-state index is -5.08. The van der Waals surface area contributed by atoms with Crippen LogP contribution < -0.4 is 81.4 Å². The van der Waals surface area contributed by atoms with Crippen LogP contribution in [0.3, 0.4) is 0 Å². The number of unbranched alkanes of at least 4 members (excludes halogenated alkanes) is 2. The van der Waals surface area contributed by atoms with Crippen molar-refractivity contribution < 1.29 is 95.9 Å². The summed E-state index contributed by atoms with van der Waals surface area (Å²) in [6, 6.07) is -13.0. The molecule has 1 rings (SSSR count). The standard InChI is InChI=1S/C47H85N17O15.C2HF3O2/c1-24(57-40(73)29(49)13-7-9-17-48)37(70)56-25(2)38(71)60-31(15-11-19-53-47(50)51)41(74)61-30(14-8-10-18-52-6)42(75)62-32(23-65)43(76)59-27(4)46(79)64-20-12-16-33(64)44(77)58-26(3)39(72)63-36(28(5)66)45(78)55-21-34(67)54-22-35(68)69;3-2(4,5)1(6)7/h24-33,36,52,65-66H,7-23,48-49H2,1-6H3,(H,54,67)(H,55,78)(H,56,70)(H,57,73)(H,58,77)(H,59,76)(H,60,71)(H,61,74)(H,62,75)(H,63,72)(H,68,69)(H4,50,51,53);(H,6,7)/t24-,25-,26-,27-,28+,29-,30-,31-,32-,33-,36-;/m0./s1.